The van der Waals surface area contributed by atoms with Gasteiger partial charge in [-0.2, -0.15) is 0 Å². The molecule has 0 radical (unpaired) electrons. The van der Waals surface area contributed by atoms with Gasteiger partial charge in [0.15, 0.2) is 21.8 Å². The Morgan fingerprint density at radius 2 is 1.18 bits per heavy atom. The van der Waals surface area contributed by atoms with Gasteiger partial charge in [0, 0.05) is 0 Å². The smallest absolute Gasteiger partial charge is 0.135 e. The van der Waals surface area contributed by atoms with E-state index in [-0.39, 0.29) is 0 Å². The molecule has 0 unspecified atom stereocenters. The lowest BCUT2D eigenvalue weighted by Gasteiger charge is -2.09. The molecule has 0 atom stereocenters. The van der Waals surface area contributed by atoms with Crippen LogP contribution in [-0.4, -0.2) is 21.8 Å². The number of hydrogen-bond acceptors (Lipinski definition) is 0. The number of rotatable bonds is 7. The Bertz CT molecular complexity index is 627. The monoisotopic (exact) mass is 284 g/mol. The van der Waals surface area contributed by atoms with Gasteiger partial charge >= 0.3 is 0 Å². The lowest BCUT2D eigenvalue weighted by Crippen LogP contribution is -2.27. The third kappa shape index (κ3) is 5.14. The van der Waals surface area contributed by atoms with Crippen LogP contribution in [0, 0.1) is 5.92 Å². The maximum Gasteiger partial charge on any atom is 0.186 e. The highest BCUT2D eigenvalue weighted by Crippen LogP contribution is 2.03. The van der Waals surface area contributed by atoms with Crippen LogP contribution in [0.1, 0.15) is 13.8 Å². The first-order chi connectivity index (χ1) is 10.5. The van der Waals surface area contributed by atoms with E-state index in [1.165, 1.54) is 27.2 Å². The number of allylic oxidation sites excluding steroid dienone is 1. The Morgan fingerprint density at radius 1 is 0.727 bits per heavy atom. The standard InChI is InChI=1S/C19H23B3/c1-14(2)15(3)20-18-10-12-19(13-11-18)22-16(4)21-17-8-6-5-7-9-17/h5-14,20-22H,3-4H2,1-2H3. The summed E-state index contributed by atoms with van der Waals surface area (Å²) in [6, 6.07) is 19.4. The van der Waals surface area contributed by atoms with Gasteiger partial charge in [-0.15, -0.1) is 24.0 Å². The van der Waals surface area contributed by atoms with Crippen LogP contribution in [-0.2, 0) is 0 Å². The van der Waals surface area contributed by atoms with Gasteiger partial charge < -0.3 is 0 Å². The quantitative estimate of drug-likeness (QED) is 0.670. The molecular weight excluding hydrogens is 261 g/mol. The Kier molecular flexibility index (Phi) is 5.95. The largest absolute Gasteiger partial charge is 0.186 e. The molecule has 0 spiro atoms. The first-order valence-electron chi connectivity index (χ1n) is 8.00. The molecular formula is C19H23B3. The minimum atomic E-state index is 0.547. The SMILES string of the molecule is C=C(Bc1ccccc1)Bc1ccc(BC(=C)C(C)C)cc1. The predicted molar refractivity (Wildman–Crippen MR) is 106 cm³/mol. The summed E-state index contributed by atoms with van der Waals surface area (Å²) in [5.74, 6) is 0.547. The minimum Gasteiger partial charge on any atom is -0.135 e. The zero-order valence-corrected chi connectivity index (χ0v) is 13.8. The van der Waals surface area contributed by atoms with Crippen LogP contribution >= 0.6 is 0 Å². The van der Waals surface area contributed by atoms with Gasteiger partial charge in [0.2, 0.25) is 0 Å². The average Bonchev–Trinajstić information content (AvgIpc) is 2.50. The van der Waals surface area contributed by atoms with Gasteiger partial charge in [0.05, 0.1) is 0 Å². The molecule has 0 aliphatic heterocycles. The molecule has 2 rings (SSSR count). The van der Waals surface area contributed by atoms with Gasteiger partial charge in [0.25, 0.3) is 0 Å². The predicted octanol–water partition coefficient (Wildman–Crippen LogP) is 1.21. The normalized spacial score (nSPS) is 10.1. The third-order valence-electron chi connectivity index (χ3n) is 4.02. The van der Waals surface area contributed by atoms with Gasteiger partial charge in [-0.25, -0.2) is 0 Å². The highest BCUT2D eigenvalue weighted by molar-refractivity contribution is 6.82. The Balaban J connectivity index is 1.91. The second-order valence-electron chi connectivity index (χ2n) is 6.40. The highest BCUT2D eigenvalue weighted by Gasteiger charge is 2.06. The Hall–Kier alpha value is -1.89. The van der Waals surface area contributed by atoms with Crippen LogP contribution < -0.4 is 16.4 Å². The van der Waals surface area contributed by atoms with E-state index in [0.717, 1.165) is 21.8 Å². The fraction of sp³-hybridized carbons (Fsp3) is 0.158. The third-order valence-corrected chi connectivity index (χ3v) is 4.02. The van der Waals surface area contributed by atoms with E-state index in [2.05, 4.69) is 81.6 Å². The van der Waals surface area contributed by atoms with Crippen molar-refractivity contribution in [2.75, 3.05) is 0 Å². The molecule has 0 aliphatic rings. The zero-order chi connectivity index (χ0) is 15.9. The highest BCUT2D eigenvalue weighted by atomic mass is 13.9. The summed E-state index contributed by atoms with van der Waals surface area (Å²) >= 11 is 0. The maximum atomic E-state index is 4.23. The average molecular weight is 284 g/mol. The molecule has 0 nitrogen and oxygen atoms in total. The van der Waals surface area contributed by atoms with Gasteiger partial charge in [0.1, 0.15) is 0 Å². The summed E-state index contributed by atoms with van der Waals surface area (Å²) in [5.41, 5.74) is 5.30. The topological polar surface area (TPSA) is 0 Å². The molecule has 22 heavy (non-hydrogen) atoms. The fourth-order valence-electron chi connectivity index (χ4n) is 2.48. The zero-order valence-electron chi connectivity index (χ0n) is 13.8. The van der Waals surface area contributed by atoms with Gasteiger partial charge in [-0.1, -0.05) is 84.8 Å². The second kappa shape index (κ2) is 7.94. The molecule has 0 aliphatic carbocycles. The van der Waals surface area contributed by atoms with Crippen molar-refractivity contribution in [1.29, 1.82) is 0 Å². The van der Waals surface area contributed by atoms with Crippen molar-refractivity contribution in [3.05, 3.63) is 78.6 Å². The van der Waals surface area contributed by atoms with E-state index >= 15 is 0 Å². The second-order valence-corrected chi connectivity index (χ2v) is 6.40. The van der Waals surface area contributed by atoms with E-state index in [4.69, 9.17) is 0 Å². The van der Waals surface area contributed by atoms with Crippen molar-refractivity contribution in [3.63, 3.8) is 0 Å². The van der Waals surface area contributed by atoms with E-state index in [0.29, 0.717) is 5.92 Å². The molecule has 3 heteroatoms. The molecule has 0 bridgehead atoms. The maximum absolute atomic E-state index is 4.23. The molecule has 0 fully saturated rings. The number of hydrogen-bond donors (Lipinski definition) is 0. The van der Waals surface area contributed by atoms with Crippen molar-refractivity contribution >= 4 is 38.2 Å². The lowest BCUT2D eigenvalue weighted by atomic mass is 9.45. The summed E-state index contributed by atoms with van der Waals surface area (Å²) in [7, 11) is 2.87. The van der Waals surface area contributed by atoms with Crippen LogP contribution in [0.3, 0.4) is 0 Å². The Morgan fingerprint density at radius 3 is 1.68 bits per heavy atom. The van der Waals surface area contributed by atoms with Gasteiger partial charge in [-0.05, 0) is 5.92 Å². The van der Waals surface area contributed by atoms with Crippen LogP contribution in [0.5, 0.6) is 0 Å². The Labute approximate surface area is 137 Å². The summed E-state index contributed by atoms with van der Waals surface area (Å²) < 4.78 is 0. The van der Waals surface area contributed by atoms with Crippen LogP contribution in [0.4, 0.5) is 0 Å². The minimum absolute atomic E-state index is 0.547. The molecule has 0 amide bonds. The lowest BCUT2D eigenvalue weighted by molar-refractivity contribution is 0.814. The summed E-state index contributed by atoms with van der Waals surface area (Å²) in [4.78, 5) is 0. The molecule has 0 aromatic heterocycles. The van der Waals surface area contributed by atoms with Crippen molar-refractivity contribution in [2.24, 2.45) is 5.92 Å². The summed E-state index contributed by atoms with van der Waals surface area (Å²) in [5, 5.41) is 1.26. The van der Waals surface area contributed by atoms with Crippen LogP contribution in [0.15, 0.2) is 78.6 Å². The van der Waals surface area contributed by atoms with Crippen LogP contribution in [0.25, 0.3) is 0 Å². The molecule has 2 aromatic rings. The first kappa shape index (κ1) is 16.5. The van der Waals surface area contributed by atoms with Crippen molar-refractivity contribution in [2.45, 2.75) is 13.8 Å². The molecule has 108 valence electrons. The first-order valence-corrected chi connectivity index (χ1v) is 8.00. The van der Waals surface area contributed by atoms with E-state index < -0.39 is 0 Å². The number of benzene rings is 2. The molecule has 0 saturated heterocycles. The van der Waals surface area contributed by atoms with Gasteiger partial charge in [-0.3, -0.25) is 0 Å². The van der Waals surface area contributed by atoms with Crippen molar-refractivity contribution in [3.8, 4) is 0 Å². The summed E-state index contributed by atoms with van der Waals surface area (Å²) in [6.07, 6.45) is 0. The van der Waals surface area contributed by atoms with E-state index in [9.17, 15) is 0 Å². The summed E-state index contributed by atoms with van der Waals surface area (Å²) in [6.45, 7) is 12.8. The van der Waals surface area contributed by atoms with Crippen molar-refractivity contribution < 1.29 is 0 Å². The molecule has 0 heterocycles. The van der Waals surface area contributed by atoms with Crippen LogP contribution in [0.2, 0.25) is 0 Å². The van der Waals surface area contributed by atoms with E-state index in [1.807, 2.05) is 0 Å². The fourth-order valence-corrected chi connectivity index (χ4v) is 2.48. The van der Waals surface area contributed by atoms with Crippen molar-refractivity contribution in [1.82, 2.24) is 0 Å². The molecule has 0 N–H and O–H groups in total. The van der Waals surface area contributed by atoms with E-state index in [1.54, 1.807) is 0 Å². The molecule has 2 aromatic carbocycles. The molecule has 0 saturated carbocycles.